The molecule has 116 valence electrons. The lowest BCUT2D eigenvalue weighted by atomic mass is 9.99. The molecule has 0 radical (unpaired) electrons. The number of methoxy groups -OCH3 is 2. The second-order valence-corrected chi connectivity index (χ2v) is 5.72. The summed E-state index contributed by atoms with van der Waals surface area (Å²) >= 11 is 0. The summed E-state index contributed by atoms with van der Waals surface area (Å²) in [6, 6.07) is 14.8. The summed E-state index contributed by atoms with van der Waals surface area (Å²) in [5.41, 5.74) is 4.17. The Balaban J connectivity index is 1.66. The van der Waals surface area contributed by atoms with Gasteiger partial charge in [0.05, 0.1) is 14.2 Å². The van der Waals surface area contributed by atoms with Crippen molar-refractivity contribution in [3.05, 3.63) is 59.2 Å². The Kier molecular flexibility index (Phi) is 4.64. The first-order valence-corrected chi connectivity index (χ1v) is 7.80. The Labute approximate surface area is 132 Å². The van der Waals surface area contributed by atoms with E-state index in [4.69, 9.17) is 9.47 Å². The number of hydrogen-bond donors (Lipinski definition) is 0. The summed E-state index contributed by atoms with van der Waals surface area (Å²) in [6.45, 7) is 3.21. The monoisotopic (exact) mass is 297 g/mol. The average molecular weight is 297 g/mol. The lowest BCUT2D eigenvalue weighted by molar-refractivity contribution is 0.256. The average Bonchev–Trinajstić information content (AvgIpc) is 2.59. The molecule has 22 heavy (non-hydrogen) atoms. The van der Waals surface area contributed by atoms with Crippen LogP contribution in [0.4, 0.5) is 0 Å². The summed E-state index contributed by atoms with van der Waals surface area (Å²) in [6.07, 6.45) is 2.12. The van der Waals surface area contributed by atoms with Crippen molar-refractivity contribution >= 4 is 0 Å². The van der Waals surface area contributed by atoms with Gasteiger partial charge in [0.2, 0.25) is 0 Å². The molecule has 0 atom stereocenters. The molecule has 2 aromatic rings. The van der Waals surface area contributed by atoms with Gasteiger partial charge in [0.25, 0.3) is 0 Å². The molecule has 0 amide bonds. The molecular formula is C19H23NO2. The van der Waals surface area contributed by atoms with Crippen LogP contribution in [0.2, 0.25) is 0 Å². The van der Waals surface area contributed by atoms with E-state index in [2.05, 4.69) is 35.2 Å². The third-order valence-electron chi connectivity index (χ3n) is 4.39. The van der Waals surface area contributed by atoms with Crippen LogP contribution < -0.4 is 9.47 Å². The van der Waals surface area contributed by atoms with Crippen molar-refractivity contribution in [3.63, 3.8) is 0 Å². The minimum Gasteiger partial charge on any atom is -0.497 e. The zero-order valence-corrected chi connectivity index (χ0v) is 13.3. The van der Waals surface area contributed by atoms with Crippen molar-refractivity contribution in [1.82, 2.24) is 4.90 Å². The smallest absolute Gasteiger partial charge is 0.122 e. The first-order chi connectivity index (χ1) is 10.8. The Morgan fingerprint density at radius 2 is 1.82 bits per heavy atom. The van der Waals surface area contributed by atoms with Crippen LogP contribution in [0.1, 0.15) is 16.7 Å². The van der Waals surface area contributed by atoms with Crippen LogP contribution in [0.3, 0.4) is 0 Å². The maximum absolute atomic E-state index is 5.47. The molecule has 2 aromatic carbocycles. The van der Waals surface area contributed by atoms with Crippen LogP contribution in [0.5, 0.6) is 11.5 Å². The molecule has 0 aliphatic carbocycles. The van der Waals surface area contributed by atoms with Gasteiger partial charge in [0.1, 0.15) is 11.5 Å². The van der Waals surface area contributed by atoms with E-state index in [1.165, 1.54) is 16.7 Å². The van der Waals surface area contributed by atoms with Gasteiger partial charge in [-0.25, -0.2) is 0 Å². The van der Waals surface area contributed by atoms with E-state index >= 15 is 0 Å². The topological polar surface area (TPSA) is 21.7 Å². The summed E-state index contributed by atoms with van der Waals surface area (Å²) in [5, 5.41) is 0. The minimum absolute atomic E-state index is 0.889. The molecule has 0 spiro atoms. The van der Waals surface area contributed by atoms with Gasteiger partial charge < -0.3 is 9.47 Å². The van der Waals surface area contributed by atoms with Crippen molar-refractivity contribution < 1.29 is 9.47 Å². The lowest BCUT2D eigenvalue weighted by Crippen LogP contribution is -2.32. The first-order valence-electron chi connectivity index (χ1n) is 7.80. The molecule has 0 aromatic heterocycles. The third-order valence-corrected chi connectivity index (χ3v) is 4.39. The highest BCUT2D eigenvalue weighted by Gasteiger charge is 2.16. The highest BCUT2D eigenvalue weighted by molar-refractivity contribution is 5.40. The van der Waals surface area contributed by atoms with Gasteiger partial charge in [0, 0.05) is 19.6 Å². The number of ether oxygens (including phenoxy) is 2. The van der Waals surface area contributed by atoms with Crippen LogP contribution in [-0.2, 0) is 19.4 Å². The van der Waals surface area contributed by atoms with Crippen LogP contribution >= 0.6 is 0 Å². The molecule has 3 heteroatoms. The van der Waals surface area contributed by atoms with E-state index in [1.54, 1.807) is 14.2 Å². The lowest BCUT2D eigenvalue weighted by Gasteiger charge is -2.28. The zero-order valence-electron chi connectivity index (χ0n) is 13.3. The normalized spacial score (nSPS) is 14.5. The molecule has 0 bridgehead atoms. The van der Waals surface area contributed by atoms with Crippen molar-refractivity contribution in [2.75, 3.05) is 27.3 Å². The van der Waals surface area contributed by atoms with Crippen molar-refractivity contribution in [2.45, 2.75) is 19.4 Å². The molecule has 0 unspecified atom stereocenters. The van der Waals surface area contributed by atoms with Crippen molar-refractivity contribution in [3.8, 4) is 11.5 Å². The van der Waals surface area contributed by atoms with Gasteiger partial charge >= 0.3 is 0 Å². The maximum Gasteiger partial charge on any atom is 0.122 e. The summed E-state index contributed by atoms with van der Waals surface area (Å²) < 4.78 is 10.8. The standard InChI is InChI=1S/C19H23NO2/c1-21-18-7-8-19(22-2)16(13-18)10-12-20-11-9-15-5-3-4-6-17(15)14-20/h3-8,13H,9-12,14H2,1-2H3. The van der Waals surface area contributed by atoms with Crippen LogP contribution in [0.15, 0.2) is 42.5 Å². The van der Waals surface area contributed by atoms with Gasteiger partial charge in [-0.2, -0.15) is 0 Å². The maximum atomic E-state index is 5.47. The summed E-state index contributed by atoms with van der Waals surface area (Å²) in [5.74, 6) is 1.83. The Bertz CT molecular complexity index is 639. The van der Waals surface area contributed by atoms with Crippen LogP contribution in [0.25, 0.3) is 0 Å². The molecule has 3 rings (SSSR count). The Hall–Kier alpha value is -2.00. The zero-order chi connectivity index (χ0) is 15.4. The summed E-state index contributed by atoms with van der Waals surface area (Å²) in [7, 11) is 3.43. The summed E-state index contributed by atoms with van der Waals surface area (Å²) in [4.78, 5) is 2.52. The fourth-order valence-electron chi connectivity index (χ4n) is 3.10. The molecule has 0 saturated carbocycles. The van der Waals surface area contributed by atoms with E-state index in [0.717, 1.165) is 44.0 Å². The Morgan fingerprint density at radius 3 is 2.59 bits per heavy atom. The van der Waals surface area contributed by atoms with E-state index in [-0.39, 0.29) is 0 Å². The highest BCUT2D eigenvalue weighted by Crippen LogP contribution is 2.25. The highest BCUT2D eigenvalue weighted by atomic mass is 16.5. The van der Waals surface area contributed by atoms with Gasteiger partial charge in [0.15, 0.2) is 0 Å². The van der Waals surface area contributed by atoms with Gasteiger partial charge in [-0.05, 0) is 47.7 Å². The van der Waals surface area contributed by atoms with Crippen LogP contribution in [0, 0.1) is 0 Å². The molecule has 0 saturated heterocycles. The van der Waals surface area contributed by atoms with E-state index in [0.29, 0.717) is 0 Å². The minimum atomic E-state index is 0.889. The third kappa shape index (κ3) is 3.25. The number of benzene rings is 2. The van der Waals surface area contributed by atoms with Crippen molar-refractivity contribution in [1.29, 1.82) is 0 Å². The number of nitrogens with zero attached hydrogens (tertiary/aromatic N) is 1. The Morgan fingerprint density at radius 1 is 1.00 bits per heavy atom. The molecular weight excluding hydrogens is 274 g/mol. The second kappa shape index (κ2) is 6.84. The van der Waals surface area contributed by atoms with E-state index in [9.17, 15) is 0 Å². The predicted molar refractivity (Wildman–Crippen MR) is 88.7 cm³/mol. The SMILES string of the molecule is COc1ccc(OC)c(CCN2CCc3ccccc3C2)c1. The molecule has 0 fully saturated rings. The number of rotatable bonds is 5. The molecule has 1 aliphatic rings. The molecule has 1 heterocycles. The number of fused-ring (bicyclic) bond motifs is 1. The van der Waals surface area contributed by atoms with Crippen molar-refractivity contribution in [2.24, 2.45) is 0 Å². The van der Waals surface area contributed by atoms with E-state index < -0.39 is 0 Å². The fourth-order valence-corrected chi connectivity index (χ4v) is 3.10. The van der Waals surface area contributed by atoms with Crippen LogP contribution in [-0.4, -0.2) is 32.2 Å². The van der Waals surface area contributed by atoms with Gasteiger partial charge in [-0.15, -0.1) is 0 Å². The molecule has 3 nitrogen and oxygen atoms in total. The first kappa shape index (κ1) is 14.9. The van der Waals surface area contributed by atoms with Gasteiger partial charge in [-0.1, -0.05) is 24.3 Å². The van der Waals surface area contributed by atoms with Gasteiger partial charge in [-0.3, -0.25) is 4.90 Å². The largest absolute Gasteiger partial charge is 0.497 e. The number of hydrogen-bond acceptors (Lipinski definition) is 3. The molecule has 0 N–H and O–H groups in total. The molecule has 1 aliphatic heterocycles. The fraction of sp³-hybridized carbons (Fsp3) is 0.368. The predicted octanol–water partition coefficient (Wildman–Crippen LogP) is 3.30. The van der Waals surface area contributed by atoms with E-state index in [1.807, 2.05) is 12.1 Å². The second-order valence-electron chi connectivity index (χ2n) is 5.72. The quantitative estimate of drug-likeness (QED) is 0.845.